The summed E-state index contributed by atoms with van der Waals surface area (Å²) in [6.45, 7) is 2.64. The van der Waals surface area contributed by atoms with Crippen LogP contribution in [0.3, 0.4) is 0 Å². The van der Waals surface area contributed by atoms with Crippen LogP contribution in [0.25, 0.3) is 0 Å². The van der Waals surface area contributed by atoms with E-state index in [1.807, 2.05) is 13.0 Å². The minimum Gasteiger partial charge on any atom is -0.382 e. The van der Waals surface area contributed by atoms with Gasteiger partial charge in [0.05, 0.1) is 12.7 Å². The van der Waals surface area contributed by atoms with Crippen molar-refractivity contribution in [1.29, 1.82) is 0 Å². The minimum atomic E-state index is -0.772. The van der Waals surface area contributed by atoms with Gasteiger partial charge in [-0.3, -0.25) is 0 Å². The van der Waals surface area contributed by atoms with E-state index in [1.54, 1.807) is 0 Å². The van der Waals surface area contributed by atoms with Gasteiger partial charge >= 0.3 is 0 Å². The van der Waals surface area contributed by atoms with E-state index in [0.717, 1.165) is 12.0 Å². The highest BCUT2D eigenvalue weighted by Crippen LogP contribution is 2.44. The first-order valence-corrected chi connectivity index (χ1v) is 6.65. The molecule has 2 aliphatic rings. The lowest BCUT2D eigenvalue weighted by Crippen LogP contribution is -2.35. The van der Waals surface area contributed by atoms with E-state index in [9.17, 15) is 5.11 Å². The van der Waals surface area contributed by atoms with Crippen LogP contribution in [0.15, 0.2) is 24.3 Å². The Hall–Kier alpha value is -0.860. The normalized spacial score (nSPS) is 33.6. The molecule has 3 rings (SSSR count). The molecule has 2 fully saturated rings. The number of hydrogen-bond donors (Lipinski definition) is 1. The van der Waals surface area contributed by atoms with Gasteiger partial charge in [0, 0.05) is 6.42 Å². The molecule has 1 heterocycles. The second-order valence-electron chi connectivity index (χ2n) is 5.40. The van der Waals surface area contributed by atoms with Crippen LogP contribution in [-0.2, 0) is 10.3 Å². The van der Waals surface area contributed by atoms with Crippen LogP contribution in [-0.4, -0.2) is 17.8 Å². The van der Waals surface area contributed by atoms with E-state index in [-0.39, 0.29) is 6.10 Å². The van der Waals surface area contributed by atoms with Gasteiger partial charge < -0.3 is 9.84 Å². The van der Waals surface area contributed by atoms with Crippen molar-refractivity contribution < 1.29 is 9.84 Å². The smallest absolute Gasteiger partial charge is 0.118 e. The first-order chi connectivity index (χ1) is 8.22. The zero-order valence-corrected chi connectivity index (χ0v) is 10.4. The lowest BCUT2D eigenvalue weighted by molar-refractivity contribution is -0.0327. The zero-order chi connectivity index (χ0) is 11.9. The highest BCUT2D eigenvalue weighted by molar-refractivity contribution is 5.37. The molecule has 92 valence electrons. The topological polar surface area (TPSA) is 29.5 Å². The molecule has 0 amide bonds. The van der Waals surface area contributed by atoms with Crippen molar-refractivity contribution in [3.63, 3.8) is 0 Å². The lowest BCUT2D eigenvalue weighted by Gasteiger charge is -2.34. The summed E-state index contributed by atoms with van der Waals surface area (Å²) in [6.07, 6.45) is 4.48. The number of hydrogen-bond acceptors (Lipinski definition) is 2. The highest BCUT2D eigenvalue weighted by atomic mass is 16.5. The third-order valence-corrected chi connectivity index (χ3v) is 4.50. The zero-order valence-electron chi connectivity index (χ0n) is 10.4. The fourth-order valence-electron chi connectivity index (χ4n) is 3.05. The summed E-state index contributed by atoms with van der Waals surface area (Å²) >= 11 is 0. The third kappa shape index (κ3) is 1.71. The Morgan fingerprint density at radius 2 is 2.06 bits per heavy atom. The number of rotatable bonds is 2. The quantitative estimate of drug-likeness (QED) is 0.849. The SMILES string of the molecule is CC1OCCC1(O)c1ccccc1C1CCC1. The van der Waals surface area contributed by atoms with Gasteiger partial charge in [-0.25, -0.2) is 0 Å². The molecule has 0 bridgehead atoms. The van der Waals surface area contributed by atoms with Crippen molar-refractivity contribution in [3.8, 4) is 0 Å². The first-order valence-electron chi connectivity index (χ1n) is 6.65. The van der Waals surface area contributed by atoms with E-state index in [0.29, 0.717) is 12.5 Å². The fraction of sp³-hybridized carbons (Fsp3) is 0.600. The Balaban J connectivity index is 2.01. The molecule has 1 aromatic carbocycles. The number of benzene rings is 1. The Labute approximate surface area is 103 Å². The molecule has 2 unspecified atom stereocenters. The molecule has 1 saturated heterocycles. The largest absolute Gasteiger partial charge is 0.382 e. The fourth-order valence-corrected chi connectivity index (χ4v) is 3.05. The molecule has 2 atom stereocenters. The molecule has 1 aromatic rings. The van der Waals surface area contributed by atoms with E-state index in [2.05, 4.69) is 18.2 Å². The molecule has 2 nitrogen and oxygen atoms in total. The average molecular weight is 232 g/mol. The molecule has 2 heteroatoms. The molecule has 17 heavy (non-hydrogen) atoms. The molecule has 0 aromatic heterocycles. The second-order valence-corrected chi connectivity index (χ2v) is 5.40. The van der Waals surface area contributed by atoms with Crippen molar-refractivity contribution in [3.05, 3.63) is 35.4 Å². The molecular formula is C15H20O2. The van der Waals surface area contributed by atoms with Gasteiger partial charge in [0.25, 0.3) is 0 Å². The van der Waals surface area contributed by atoms with Crippen LogP contribution in [0.4, 0.5) is 0 Å². The van der Waals surface area contributed by atoms with E-state index >= 15 is 0 Å². The molecule has 1 aliphatic carbocycles. The lowest BCUT2D eigenvalue weighted by atomic mass is 9.74. The van der Waals surface area contributed by atoms with E-state index < -0.39 is 5.60 Å². The van der Waals surface area contributed by atoms with Gasteiger partial charge in [-0.2, -0.15) is 0 Å². The highest BCUT2D eigenvalue weighted by Gasteiger charge is 2.43. The number of ether oxygens (including phenoxy) is 1. The first kappa shape index (κ1) is 11.2. The van der Waals surface area contributed by atoms with Crippen molar-refractivity contribution in [1.82, 2.24) is 0 Å². The number of aliphatic hydroxyl groups is 1. The maximum absolute atomic E-state index is 10.9. The van der Waals surface area contributed by atoms with Gasteiger partial charge in [0.15, 0.2) is 0 Å². The molecule has 0 spiro atoms. The molecule has 1 saturated carbocycles. The maximum Gasteiger partial charge on any atom is 0.118 e. The van der Waals surface area contributed by atoms with Gasteiger partial charge in [-0.05, 0) is 36.8 Å². The van der Waals surface area contributed by atoms with Crippen LogP contribution in [0.1, 0.15) is 49.7 Å². The summed E-state index contributed by atoms with van der Waals surface area (Å²) in [7, 11) is 0. The summed E-state index contributed by atoms with van der Waals surface area (Å²) in [5, 5.41) is 10.9. The van der Waals surface area contributed by atoms with Gasteiger partial charge in [0.2, 0.25) is 0 Å². The Bertz CT molecular complexity index is 411. The van der Waals surface area contributed by atoms with Crippen LogP contribution in [0.2, 0.25) is 0 Å². The van der Waals surface area contributed by atoms with Crippen molar-refractivity contribution in [2.45, 2.75) is 50.2 Å². The second kappa shape index (κ2) is 4.11. The van der Waals surface area contributed by atoms with Crippen molar-refractivity contribution in [2.24, 2.45) is 0 Å². The molecule has 1 N–H and O–H groups in total. The van der Waals surface area contributed by atoms with Gasteiger partial charge in [0.1, 0.15) is 5.60 Å². The molecular weight excluding hydrogens is 212 g/mol. The summed E-state index contributed by atoms with van der Waals surface area (Å²) in [4.78, 5) is 0. The van der Waals surface area contributed by atoms with Crippen molar-refractivity contribution in [2.75, 3.05) is 6.61 Å². The average Bonchev–Trinajstić information content (AvgIpc) is 2.59. The predicted octanol–water partition coefficient (Wildman–Crippen LogP) is 2.95. The summed E-state index contributed by atoms with van der Waals surface area (Å²) in [5.41, 5.74) is 1.68. The monoisotopic (exact) mass is 232 g/mol. The molecule has 1 aliphatic heterocycles. The Morgan fingerprint density at radius 1 is 1.29 bits per heavy atom. The minimum absolute atomic E-state index is 0.0938. The van der Waals surface area contributed by atoms with Gasteiger partial charge in [-0.15, -0.1) is 0 Å². The van der Waals surface area contributed by atoms with E-state index in [1.165, 1.54) is 24.8 Å². The third-order valence-electron chi connectivity index (χ3n) is 4.50. The Morgan fingerprint density at radius 3 is 2.65 bits per heavy atom. The van der Waals surface area contributed by atoms with Crippen LogP contribution in [0.5, 0.6) is 0 Å². The van der Waals surface area contributed by atoms with Gasteiger partial charge in [-0.1, -0.05) is 30.7 Å². The predicted molar refractivity (Wildman–Crippen MR) is 67.0 cm³/mol. The summed E-state index contributed by atoms with van der Waals surface area (Å²) in [6, 6.07) is 8.38. The summed E-state index contributed by atoms with van der Waals surface area (Å²) < 4.78 is 5.56. The van der Waals surface area contributed by atoms with E-state index in [4.69, 9.17) is 4.74 Å². The van der Waals surface area contributed by atoms with Crippen LogP contribution in [0, 0.1) is 0 Å². The van der Waals surface area contributed by atoms with Crippen LogP contribution >= 0.6 is 0 Å². The molecule has 0 radical (unpaired) electrons. The Kier molecular flexibility index (Phi) is 2.72. The van der Waals surface area contributed by atoms with Crippen LogP contribution < -0.4 is 0 Å². The summed E-state index contributed by atoms with van der Waals surface area (Å²) in [5.74, 6) is 0.656. The standard InChI is InChI=1S/C15H20O2/c1-11-15(16,9-10-17-11)14-8-3-2-7-13(14)12-5-4-6-12/h2-3,7-8,11-12,16H,4-6,9-10H2,1H3. The maximum atomic E-state index is 10.9. The van der Waals surface area contributed by atoms with Crippen molar-refractivity contribution >= 4 is 0 Å².